The van der Waals surface area contributed by atoms with E-state index in [1.807, 2.05) is 17.5 Å². The Hall–Kier alpha value is -2.02. The van der Waals surface area contributed by atoms with Crippen LogP contribution in [0.25, 0.3) is 10.8 Å². The molecule has 3 aromatic heterocycles. The smallest absolute Gasteiger partial charge is 0.268 e. The van der Waals surface area contributed by atoms with Crippen molar-refractivity contribution >= 4 is 11.3 Å². The summed E-state index contributed by atoms with van der Waals surface area (Å²) in [5.74, 6) is 1.14. The molecule has 3 rings (SSSR count). The van der Waals surface area contributed by atoms with Gasteiger partial charge in [-0.25, -0.2) is 4.68 Å². The van der Waals surface area contributed by atoms with Gasteiger partial charge >= 0.3 is 0 Å². The third-order valence-corrected chi connectivity index (χ3v) is 2.83. The molecule has 3 heterocycles. The van der Waals surface area contributed by atoms with Crippen LogP contribution < -0.4 is 0 Å². The van der Waals surface area contributed by atoms with E-state index in [-0.39, 0.29) is 0 Å². The first-order valence-electron chi connectivity index (χ1n) is 4.62. The zero-order valence-electron chi connectivity index (χ0n) is 8.15. The van der Waals surface area contributed by atoms with Gasteiger partial charge in [0.25, 0.3) is 5.89 Å². The molecule has 3 aromatic rings. The van der Waals surface area contributed by atoms with Crippen LogP contribution in [0.15, 0.2) is 34.4 Å². The number of rotatable bonds is 3. The maximum absolute atomic E-state index is 5.15. The Morgan fingerprint density at radius 2 is 2.44 bits per heavy atom. The molecule has 0 saturated heterocycles. The lowest BCUT2D eigenvalue weighted by Crippen LogP contribution is -2.02. The summed E-state index contributed by atoms with van der Waals surface area (Å²) < 4.78 is 6.79. The summed E-state index contributed by atoms with van der Waals surface area (Å²) in [4.78, 5) is 5.24. The maximum Gasteiger partial charge on any atom is 0.268 e. The molecular formula is C9H7N5OS. The third-order valence-electron chi connectivity index (χ3n) is 1.98. The monoisotopic (exact) mass is 233 g/mol. The van der Waals surface area contributed by atoms with Crippen LogP contribution in [0.1, 0.15) is 5.82 Å². The van der Waals surface area contributed by atoms with E-state index < -0.39 is 0 Å². The number of thiophene rings is 1. The zero-order valence-corrected chi connectivity index (χ0v) is 8.96. The number of hydrogen-bond donors (Lipinski definition) is 0. The molecule has 80 valence electrons. The second kappa shape index (κ2) is 3.86. The molecule has 0 amide bonds. The lowest BCUT2D eigenvalue weighted by Gasteiger charge is -1.91. The van der Waals surface area contributed by atoms with Gasteiger partial charge in [0.1, 0.15) is 6.54 Å². The Morgan fingerprint density at radius 1 is 1.44 bits per heavy atom. The van der Waals surface area contributed by atoms with E-state index in [0.29, 0.717) is 18.3 Å². The van der Waals surface area contributed by atoms with Gasteiger partial charge in [0, 0.05) is 6.20 Å². The molecule has 6 nitrogen and oxygen atoms in total. The molecule has 0 unspecified atom stereocenters. The van der Waals surface area contributed by atoms with Gasteiger partial charge in [-0.2, -0.15) is 4.98 Å². The molecule has 0 aliphatic carbocycles. The van der Waals surface area contributed by atoms with E-state index in [1.54, 1.807) is 28.4 Å². The number of nitrogens with zero attached hydrogens (tertiary/aromatic N) is 5. The van der Waals surface area contributed by atoms with E-state index in [1.165, 1.54) is 0 Å². The quantitative estimate of drug-likeness (QED) is 0.684. The minimum absolute atomic E-state index is 0.467. The summed E-state index contributed by atoms with van der Waals surface area (Å²) in [6.45, 7) is 0.467. The molecule has 0 atom stereocenters. The number of hydrogen-bond acceptors (Lipinski definition) is 6. The molecule has 0 spiro atoms. The van der Waals surface area contributed by atoms with Crippen LogP contribution in [-0.2, 0) is 6.54 Å². The average molecular weight is 233 g/mol. The third kappa shape index (κ3) is 1.72. The van der Waals surface area contributed by atoms with Crippen molar-refractivity contribution in [1.82, 2.24) is 25.1 Å². The first kappa shape index (κ1) is 9.22. The molecule has 0 aliphatic rings. The molecule has 0 aromatic carbocycles. The average Bonchev–Trinajstić information content (AvgIpc) is 2.99. The van der Waals surface area contributed by atoms with E-state index in [2.05, 4.69) is 20.5 Å². The highest BCUT2D eigenvalue weighted by molar-refractivity contribution is 7.13. The standard InChI is InChI=1S/C9H7N5OS/c1-2-7(16-5-1)9-11-8(12-15-9)6-14-4-3-10-13-14/h1-5H,6H2. The van der Waals surface area contributed by atoms with Crippen LogP contribution in [-0.4, -0.2) is 25.1 Å². The fraction of sp³-hybridized carbons (Fsp3) is 0.111. The predicted octanol–water partition coefficient (Wildman–Crippen LogP) is 1.44. The number of aromatic nitrogens is 5. The van der Waals surface area contributed by atoms with Crippen molar-refractivity contribution in [1.29, 1.82) is 0 Å². The Balaban J connectivity index is 1.83. The Bertz CT molecular complexity index is 557. The fourth-order valence-electron chi connectivity index (χ4n) is 1.28. The van der Waals surface area contributed by atoms with Crippen molar-refractivity contribution in [3.63, 3.8) is 0 Å². The van der Waals surface area contributed by atoms with E-state index >= 15 is 0 Å². The van der Waals surface area contributed by atoms with Gasteiger partial charge in [-0.15, -0.1) is 16.4 Å². The highest BCUT2D eigenvalue weighted by Gasteiger charge is 2.09. The topological polar surface area (TPSA) is 69.6 Å². The Morgan fingerprint density at radius 3 is 3.19 bits per heavy atom. The highest BCUT2D eigenvalue weighted by atomic mass is 32.1. The van der Waals surface area contributed by atoms with Crippen LogP contribution in [0.3, 0.4) is 0 Å². The molecular weight excluding hydrogens is 226 g/mol. The Labute approximate surface area is 94.5 Å². The molecule has 16 heavy (non-hydrogen) atoms. The van der Waals surface area contributed by atoms with Crippen molar-refractivity contribution in [3.05, 3.63) is 35.7 Å². The molecule has 7 heteroatoms. The fourth-order valence-corrected chi connectivity index (χ4v) is 1.93. The van der Waals surface area contributed by atoms with Crippen LogP contribution in [0.4, 0.5) is 0 Å². The summed E-state index contributed by atoms with van der Waals surface area (Å²) in [5.41, 5.74) is 0. The second-order valence-electron chi connectivity index (χ2n) is 3.09. The summed E-state index contributed by atoms with van der Waals surface area (Å²) in [5, 5.41) is 13.4. The highest BCUT2D eigenvalue weighted by Crippen LogP contribution is 2.22. The Kier molecular flexibility index (Phi) is 2.22. The lowest BCUT2D eigenvalue weighted by molar-refractivity contribution is 0.419. The van der Waals surface area contributed by atoms with Crippen molar-refractivity contribution in [2.45, 2.75) is 6.54 Å². The molecule has 0 fully saturated rings. The van der Waals surface area contributed by atoms with Gasteiger partial charge in [-0.05, 0) is 11.4 Å². The molecule has 0 aliphatic heterocycles. The van der Waals surface area contributed by atoms with Crippen LogP contribution in [0.2, 0.25) is 0 Å². The van der Waals surface area contributed by atoms with Gasteiger partial charge in [0.2, 0.25) is 0 Å². The largest absolute Gasteiger partial charge is 0.333 e. The van der Waals surface area contributed by atoms with Gasteiger partial charge in [0.15, 0.2) is 5.82 Å². The van der Waals surface area contributed by atoms with Gasteiger partial charge in [-0.3, -0.25) is 0 Å². The van der Waals surface area contributed by atoms with Crippen molar-refractivity contribution < 1.29 is 4.52 Å². The summed E-state index contributed by atoms with van der Waals surface area (Å²) in [6.07, 6.45) is 3.36. The minimum Gasteiger partial charge on any atom is -0.333 e. The maximum atomic E-state index is 5.15. The van der Waals surface area contributed by atoms with Gasteiger partial charge in [-0.1, -0.05) is 16.4 Å². The zero-order chi connectivity index (χ0) is 10.8. The molecule has 0 radical (unpaired) electrons. The summed E-state index contributed by atoms with van der Waals surface area (Å²) in [7, 11) is 0. The summed E-state index contributed by atoms with van der Waals surface area (Å²) in [6, 6.07) is 3.89. The van der Waals surface area contributed by atoms with E-state index in [9.17, 15) is 0 Å². The second-order valence-corrected chi connectivity index (χ2v) is 4.04. The summed E-state index contributed by atoms with van der Waals surface area (Å²) >= 11 is 1.57. The van der Waals surface area contributed by atoms with Crippen molar-refractivity contribution in [2.24, 2.45) is 0 Å². The molecule has 0 N–H and O–H groups in total. The van der Waals surface area contributed by atoms with Crippen molar-refractivity contribution in [2.75, 3.05) is 0 Å². The molecule has 0 bridgehead atoms. The first-order chi connectivity index (χ1) is 7.92. The van der Waals surface area contributed by atoms with Crippen LogP contribution in [0, 0.1) is 0 Å². The van der Waals surface area contributed by atoms with E-state index in [0.717, 1.165) is 4.88 Å². The minimum atomic E-state index is 0.467. The predicted molar refractivity (Wildman–Crippen MR) is 56.7 cm³/mol. The van der Waals surface area contributed by atoms with Gasteiger partial charge in [0.05, 0.1) is 11.1 Å². The van der Waals surface area contributed by atoms with Crippen molar-refractivity contribution in [3.8, 4) is 10.8 Å². The SMILES string of the molecule is c1csc(-c2nc(Cn3ccnn3)no2)c1. The first-order valence-corrected chi connectivity index (χ1v) is 5.50. The molecule has 0 saturated carbocycles. The van der Waals surface area contributed by atoms with E-state index in [4.69, 9.17) is 4.52 Å². The van der Waals surface area contributed by atoms with Gasteiger partial charge < -0.3 is 4.52 Å². The normalized spacial score (nSPS) is 10.8. The van der Waals surface area contributed by atoms with Crippen LogP contribution >= 0.6 is 11.3 Å². The lowest BCUT2D eigenvalue weighted by atomic mass is 10.5. The van der Waals surface area contributed by atoms with Crippen LogP contribution in [0.5, 0.6) is 0 Å².